The third kappa shape index (κ3) is 1.81. The maximum absolute atomic E-state index is 4.30. The Labute approximate surface area is 69.3 Å². The van der Waals surface area contributed by atoms with Crippen molar-refractivity contribution in [3.8, 4) is 0 Å². The molecule has 0 aliphatic carbocycles. The Kier molecular flexibility index (Phi) is 1.98. The Morgan fingerprint density at radius 3 is 2.56 bits per heavy atom. The van der Waals surface area contributed by atoms with E-state index in [9.17, 15) is 0 Å². The van der Waals surface area contributed by atoms with Crippen LogP contribution in [0.15, 0.2) is 4.99 Å². The Hall–Kier alpha value is 0.200. The van der Waals surface area contributed by atoms with E-state index in [1.165, 1.54) is 0 Å². The maximum Gasteiger partial charge on any atom is 0.112 e. The standard InChI is InChI=1S/C6H11IN2/c1-6(2,7)5-8-3-4-9-5/h3-4H2,1-2H3,(H,8,9). The van der Waals surface area contributed by atoms with Crippen molar-refractivity contribution in [2.24, 2.45) is 4.99 Å². The van der Waals surface area contributed by atoms with Crippen LogP contribution in [-0.4, -0.2) is 22.3 Å². The molecule has 0 saturated heterocycles. The summed E-state index contributed by atoms with van der Waals surface area (Å²) in [5, 5.41) is 3.24. The molecule has 0 atom stereocenters. The highest BCUT2D eigenvalue weighted by Gasteiger charge is 2.22. The van der Waals surface area contributed by atoms with Gasteiger partial charge in [-0.3, -0.25) is 4.99 Å². The largest absolute Gasteiger partial charge is 0.371 e. The Morgan fingerprint density at radius 1 is 1.67 bits per heavy atom. The lowest BCUT2D eigenvalue weighted by Crippen LogP contribution is -2.34. The van der Waals surface area contributed by atoms with Crippen molar-refractivity contribution in [1.82, 2.24) is 5.32 Å². The monoisotopic (exact) mass is 238 g/mol. The van der Waals surface area contributed by atoms with Gasteiger partial charge in [-0.2, -0.15) is 0 Å². The SMILES string of the molecule is CC(C)(I)C1=NCCN1. The summed E-state index contributed by atoms with van der Waals surface area (Å²) in [5.74, 6) is 1.14. The van der Waals surface area contributed by atoms with Gasteiger partial charge in [0.25, 0.3) is 0 Å². The summed E-state index contributed by atoms with van der Waals surface area (Å²) in [5.41, 5.74) is 0. The van der Waals surface area contributed by atoms with Gasteiger partial charge in [0.1, 0.15) is 5.84 Å². The van der Waals surface area contributed by atoms with Gasteiger partial charge in [0, 0.05) is 6.54 Å². The molecule has 0 radical (unpaired) electrons. The normalized spacial score (nSPS) is 19.2. The first kappa shape index (κ1) is 7.31. The zero-order valence-electron chi connectivity index (χ0n) is 5.74. The van der Waals surface area contributed by atoms with Crippen LogP contribution in [0, 0.1) is 0 Å². The number of hydrogen-bond donors (Lipinski definition) is 1. The maximum atomic E-state index is 4.30. The first-order chi connectivity index (χ1) is 4.11. The quantitative estimate of drug-likeness (QED) is 0.538. The highest BCUT2D eigenvalue weighted by Crippen LogP contribution is 2.18. The summed E-state index contributed by atoms with van der Waals surface area (Å²) >= 11 is 2.39. The Morgan fingerprint density at radius 2 is 2.33 bits per heavy atom. The molecule has 1 aliphatic rings. The molecule has 1 rings (SSSR count). The molecule has 0 saturated carbocycles. The van der Waals surface area contributed by atoms with Crippen molar-refractivity contribution in [3.05, 3.63) is 0 Å². The average molecular weight is 238 g/mol. The molecular weight excluding hydrogens is 227 g/mol. The predicted molar refractivity (Wildman–Crippen MR) is 48.4 cm³/mol. The third-order valence-corrected chi connectivity index (χ3v) is 1.75. The number of halogens is 1. The molecule has 0 fully saturated rings. The smallest absolute Gasteiger partial charge is 0.112 e. The van der Waals surface area contributed by atoms with E-state index in [2.05, 4.69) is 46.7 Å². The van der Waals surface area contributed by atoms with E-state index >= 15 is 0 Å². The molecule has 52 valence electrons. The van der Waals surface area contributed by atoms with Crippen LogP contribution in [0.5, 0.6) is 0 Å². The fourth-order valence-corrected chi connectivity index (χ4v) is 1.16. The van der Waals surface area contributed by atoms with Gasteiger partial charge in [0.05, 0.1) is 9.97 Å². The minimum absolute atomic E-state index is 0.189. The molecule has 1 N–H and O–H groups in total. The molecule has 0 aromatic heterocycles. The minimum atomic E-state index is 0.189. The number of nitrogens with one attached hydrogen (secondary N) is 1. The summed E-state index contributed by atoms with van der Waals surface area (Å²) in [7, 11) is 0. The van der Waals surface area contributed by atoms with Crippen molar-refractivity contribution in [2.75, 3.05) is 13.1 Å². The molecule has 0 bridgehead atoms. The van der Waals surface area contributed by atoms with Gasteiger partial charge < -0.3 is 5.32 Å². The lowest BCUT2D eigenvalue weighted by molar-refractivity contribution is 0.910. The van der Waals surface area contributed by atoms with Gasteiger partial charge in [0.2, 0.25) is 0 Å². The molecule has 0 aromatic carbocycles. The number of amidine groups is 1. The van der Waals surface area contributed by atoms with Crippen LogP contribution in [0.2, 0.25) is 0 Å². The first-order valence-corrected chi connectivity index (χ1v) is 4.16. The topological polar surface area (TPSA) is 24.4 Å². The second kappa shape index (κ2) is 2.44. The van der Waals surface area contributed by atoms with E-state index < -0.39 is 0 Å². The molecule has 2 nitrogen and oxygen atoms in total. The number of alkyl halides is 1. The number of rotatable bonds is 1. The lowest BCUT2D eigenvalue weighted by atomic mass is 10.2. The van der Waals surface area contributed by atoms with Gasteiger partial charge >= 0.3 is 0 Å². The van der Waals surface area contributed by atoms with Crippen LogP contribution in [0.25, 0.3) is 0 Å². The van der Waals surface area contributed by atoms with Crippen molar-refractivity contribution in [2.45, 2.75) is 17.3 Å². The third-order valence-electron chi connectivity index (χ3n) is 1.24. The molecule has 0 aromatic rings. The van der Waals surface area contributed by atoms with Gasteiger partial charge in [-0.1, -0.05) is 22.6 Å². The fourth-order valence-electron chi connectivity index (χ4n) is 0.796. The molecule has 0 unspecified atom stereocenters. The van der Waals surface area contributed by atoms with E-state index in [-0.39, 0.29) is 3.42 Å². The molecule has 9 heavy (non-hydrogen) atoms. The van der Waals surface area contributed by atoms with E-state index in [1.54, 1.807) is 0 Å². The highest BCUT2D eigenvalue weighted by molar-refractivity contribution is 14.1. The molecule has 3 heteroatoms. The summed E-state index contributed by atoms with van der Waals surface area (Å²) in [6.45, 7) is 6.28. The Bertz CT molecular complexity index is 134. The van der Waals surface area contributed by atoms with Crippen molar-refractivity contribution >= 4 is 28.4 Å². The van der Waals surface area contributed by atoms with Crippen molar-refractivity contribution in [1.29, 1.82) is 0 Å². The molecule has 1 heterocycles. The second-order valence-corrected chi connectivity index (χ2v) is 5.33. The zero-order valence-corrected chi connectivity index (χ0v) is 7.90. The van der Waals surface area contributed by atoms with Crippen LogP contribution in [0.1, 0.15) is 13.8 Å². The summed E-state index contributed by atoms with van der Waals surface area (Å²) in [6.07, 6.45) is 0. The van der Waals surface area contributed by atoms with Crippen LogP contribution in [0.4, 0.5) is 0 Å². The van der Waals surface area contributed by atoms with Crippen molar-refractivity contribution in [3.63, 3.8) is 0 Å². The van der Waals surface area contributed by atoms with Gasteiger partial charge in [-0.05, 0) is 13.8 Å². The Balaban J connectivity index is 2.61. The van der Waals surface area contributed by atoms with Crippen LogP contribution in [0.3, 0.4) is 0 Å². The van der Waals surface area contributed by atoms with Crippen LogP contribution < -0.4 is 5.32 Å². The molecule has 1 aliphatic heterocycles. The van der Waals surface area contributed by atoms with E-state index in [0.717, 1.165) is 18.9 Å². The number of aliphatic imine (C=N–C) groups is 1. The van der Waals surface area contributed by atoms with Gasteiger partial charge in [-0.25, -0.2) is 0 Å². The van der Waals surface area contributed by atoms with Gasteiger partial charge in [-0.15, -0.1) is 0 Å². The molecule has 0 amide bonds. The van der Waals surface area contributed by atoms with Gasteiger partial charge in [0.15, 0.2) is 0 Å². The van der Waals surface area contributed by atoms with E-state index in [4.69, 9.17) is 0 Å². The molecule has 0 spiro atoms. The predicted octanol–water partition coefficient (Wildman–Crippen LogP) is 1.20. The first-order valence-electron chi connectivity index (χ1n) is 3.08. The number of hydrogen-bond acceptors (Lipinski definition) is 2. The highest BCUT2D eigenvalue weighted by atomic mass is 127. The van der Waals surface area contributed by atoms with Crippen LogP contribution in [-0.2, 0) is 0 Å². The van der Waals surface area contributed by atoms with Crippen molar-refractivity contribution < 1.29 is 0 Å². The summed E-state index contributed by atoms with van der Waals surface area (Å²) < 4.78 is 0.189. The average Bonchev–Trinajstić information content (AvgIpc) is 2.08. The zero-order chi connectivity index (χ0) is 6.91. The van der Waals surface area contributed by atoms with E-state index in [0.29, 0.717) is 0 Å². The van der Waals surface area contributed by atoms with E-state index in [1.807, 2.05) is 0 Å². The summed E-state index contributed by atoms with van der Waals surface area (Å²) in [6, 6.07) is 0. The summed E-state index contributed by atoms with van der Waals surface area (Å²) in [4.78, 5) is 4.30. The fraction of sp³-hybridized carbons (Fsp3) is 0.833. The second-order valence-electron chi connectivity index (χ2n) is 2.63. The number of nitrogens with zero attached hydrogens (tertiary/aromatic N) is 1. The molecular formula is C6H11IN2. The minimum Gasteiger partial charge on any atom is -0.371 e. The lowest BCUT2D eigenvalue weighted by Gasteiger charge is -2.15. The van der Waals surface area contributed by atoms with Crippen LogP contribution >= 0.6 is 22.6 Å².